The Morgan fingerprint density at radius 3 is 2.50 bits per heavy atom. The Kier molecular flexibility index (Phi) is 3.65. The average molecular weight is 258 g/mol. The number of allylic oxidation sites excluding steroid dienone is 2. The molecule has 0 N–H and O–H groups in total. The molecule has 0 aliphatic carbocycles. The van der Waals surface area contributed by atoms with E-state index in [-0.39, 0.29) is 0 Å². The zero-order valence-electron chi connectivity index (χ0n) is 11.0. The summed E-state index contributed by atoms with van der Waals surface area (Å²) in [4.78, 5) is 8.49. The van der Waals surface area contributed by atoms with Gasteiger partial charge in [0.05, 0.1) is 5.69 Å². The second-order valence-corrected chi connectivity index (χ2v) is 4.46. The Morgan fingerprint density at radius 2 is 1.65 bits per heavy atom. The van der Waals surface area contributed by atoms with Gasteiger partial charge in [0.15, 0.2) is 0 Å². The summed E-state index contributed by atoms with van der Waals surface area (Å²) in [6.07, 6.45) is 13.5. The lowest BCUT2D eigenvalue weighted by Gasteiger charge is -1.97. The molecule has 20 heavy (non-hydrogen) atoms. The van der Waals surface area contributed by atoms with Crippen molar-refractivity contribution in [2.75, 3.05) is 0 Å². The Hall–Kier alpha value is -2.74. The van der Waals surface area contributed by atoms with Crippen molar-refractivity contribution in [3.8, 4) is 0 Å². The quantitative estimate of drug-likeness (QED) is 0.652. The van der Waals surface area contributed by atoms with E-state index in [2.05, 4.69) is 28.2 Å². The molecule has 0 bridgehead atoms. The fraction of sp³-hybridized carbons (Fsp3) is 0. The van der Waals surface area contributed by atoms with Crippen LogP contribution in [0.3, 0.4) is 0 Å². The molecule has 2 nitrogen and oxygen atoms in total. The van der Waals surface area contributed by atoms with Crippen LogP contribution in [0.5, 0.6) is 0 Å². The van der Waals surface area contributed by atoms with E-state index in [1.807, 2.05) is 61.0 Å². The maximum absolute atomic E-state index is 4.42. The van der Waals surface area contributed by atoms with E-state index >= 15 is 0 Å². The van der Waals surface area contributed by atoms with Gasteiger partial charge < -0.3 is 0 Å². The van der Waals surface area contributed by atoms with Gasteiger partial charge in [0.25, 0.3) is 0 Å². The third-order valence-electron chi connectivity index (χ3n) is 3.00. The van der Waals surface area contributed by atoms with Gasteiger partial charge in [-0.2, -0.15) is 0 Å². The van der Waals surface area contributed by atoms with Crippen LogP contribution in [0.15, 0.2) is 73.2 Å². The number of pyridine rings is 2. The van der Waals surface area contributed by atoms with Crippen LogP contribution in [0.4, 0.5) is 0 Å². The van der Waals surface area contributed by atoms with E-state index in [0.717, 1.165) is 16.6 Å². The summed E-state index contributed by atoms with van der Waals surface area (Å²) >= 11 is 0. The first-order chi connectivity index (χ1) is 9.92. The van der Waals surface area contributed by atoms with E-state index in [1.54, 1.807) is 6.20 Å². The molecule has 0 fully saturated rings. The average Bonchev–Trinajstić information content (AvgIpc) is 2.52. The van der Waals surface area contributed by atoms with Crippen LogP contribution >= 0.6 is 0 Å². The SMILES string of the molecule is C(C=Cc1cc2ccccc2cn1)=Cc1cccnc1. The van der Waals surface area contributed by atoms with Crippen molar-refractivity contribution in [1.82, 2.24) is 9.97 Å². The van der Waals surface area contributed by atoms with Gasteiger partial charge in [0.2, 0.25) is 0 Å². The number of aromatic nitrogens is 2. The van der Waals surface area contributed by atoms with Crippen LogP contribution in [-0.4, -0.2) is 9.97 Å². The second kappa shape index (κ2) is 5.93. The Balaban J connectivity index is 1.76. The number of nitrogens with zero attached hydrogens (tertiary/aromatic N) is 2. The maximum atomic E-state index is 4.42. The van der Waals surface area contributed by atoms with Crippen molar-refractivity contribution in [3.05, 3.63) is 84.5 Å². The fourth-order valence-corrected chi connectivity index (χ4v) is 1.99. The van der Waals surface area contributed by atoms with Gasteiger partial charge >= 0.3 is 0 Å². The van der Waals surface area contributed by atoms with Crippen LogP contribution in [0.1, 0.15) is 11.3 Å². The predicted octanol–water partition coefficient (Wildman–Crippen LogP) is 4.36. The standard InChI is InChI=1S/C18H14N2/c1(6-15-7-5-11-19-13-15)4-10-18-12-16-8-2-3-9-17(16)14-20-18/h1-14H. The van der Waals surface area contributed by atoms with Crippen molar-refractivity contribution in [1.29, 1.82) is 0 Å². The molecule has 0 radical (unpaired) electrons. The molecular formula is C18H14N2. The molecule has 2 heteroatoms. The number of rotatable bonds is 3. The molecule has 0 saturated carbocycles. The van der Waals surface area contributed by atoms with Crippen LogP contribution in [0, 0.1) is 0 Å². The first-order valence-electron chi connectivity index (χ1n) is 6.51. The van der Waals surface area contributed by atoms with E-state index in [1.165, 1.54) is 5.39 Å². The summed E-state index contributed by atoms with van der Waals surface area (Å²) in [6, 6.07) is 14.3. The first-order valence-corrected chi connectivity index (χ1v) is 6.51. The summed E-state index contributed by atoms with van der Waals surface area (Å²) in [5, 5.41) is 2.37. The molecule has 3 rings (SSSR count). The number of hydrogen-bond donors (Lipinski definition) is 0. The van der Waals surface area contributed by atoms with Crippen LogP contribution in [-0.2, 0) is 0 Å². The molecular weight excluding hydrogens is 244 g/mol. The van der Waals surface area contributed by atoms with Crippen LogP contribution in [0.25, 0.3) is 22.9 Å². The highest BCUT2D eigenvalue weighted by Crippen LogP contribution is 2.14. The summed E-state index contributed by atoms with van der Waals surface area (Å²) in [6.45, 7) is 0. The lowest BCUT2D eigenvalue weighted by molar-refractivity contribution is 1.32. The second-order valence-electron chi connectivity index (χ2n) is 4.46. The highest BCUT2D eigenvalue weighted by Gasteiger charge is 1.93. The van der Waals surface area contributed by atoms with Gasteiger partial charge in [-0.05, 0) is 29.2 Å². The monoisotopic (exact) mass is 258 g/mol. The Bertz CT molecular complexity index is 758. The first kappa shape index (κ1) is 12.3. The normalized spacial score (nSPS) is 11.6. The van der Waals surface area contributed by atoms with Crippen molar-refractivity contribution < 1.29 is 0 Å². The minimum Gasteiger partial charge on any atom is -0.264 e. The third kappa shape index (κ3) is 2.98. The molecule has 0 aliphatic heterocycles. The van der Waals surface area contributed by atoms with Gasteiger partial charge in [-0.3, -0.25) is 9.97 Å². The van der Waals surface area contributed by atoms with E-state index in [4.69, 9.17) is 0 Å². The Labute approximate surface area is 118 Å². The lowest BCUT2D eigenvalue weighted by atomic mass is 10.1. The zero-order valence-corrected chi connectivity index (χ0v) is 11.0. The molecule has 96 valence electrons. The smallest absolute Gasteiger partial charge is 0.0636 e. The molecule has 0 spiro atoms. The molecule has 1 aromatic carbocycles. The van der Waals surface area contributed by atoms with Gasteiger partial charge in [0, 0.05) is 24.0 Å². The van der Waals surface area contributed by atoms with Gasteiger partial charge in [-0.25, -0.2) is 0 Å². The number of hydrogen-bond acceptors (Lipinski definition) is 2. The summed E-state index contributed by atoms with van der Waals surface area (Å²) in [5.74, 6) is 0. The zero-order chi connectivity index (χ0) is 13.6. The number of fused-ring (bicyclic) bond motifs is 1. The molecule has 3 aromatic rings. The summed E-state index contributed by atoms with van der Waals surface area (Å²) in [5.41, 5.74) is 2.04. The molecule has 0 amide bonds. The molecule has 2 heterocycles. The van der Waals surface area contributed by atoms with Gasteiger partial charge in [0.1, 0.15) is 0 Å². The van der Waals surface area contributed by atoms with E-state index < -0.39 is 0 Å². The van der Waals surface area contributed by atoms with Crippen molar-refractivity contribution >= 4 is 22.9 Å². The summed E-state index contributed by atoms with van der Waals surface area (Å²) < 4.78 is 0. The maximum Gasteiger partial charge on any atom is 0.0636 e. The largest absolute Gasteiger partial charge is 0.264 e. The third-order valence-corrected chi connectivity index (χ3v) is 3.00. The molecule has 0 atom stereocenters. The van der Waals surface area contributed by atoms with Crippen LogP contribution in [0.2, 0.25) is 0 Å². The topological polar surface area (TPSA) is 25.8 Å². The Morgan fingerprint density at radius 1 is 0.800 bits per heavy atom. The minimum absolute atomic E-state index is 0.958. The van der Waals surface area contributed by atoms with E-state index in [0.29, 0.717) is 0 Å². The summed E-state index contributed by atoms with van der Waals surface area (Å²) in [7, 11) is 0. The molecule has 2 aromatic heterocycles. The highest BCUT2D eigenvalue weighted by atomic mass is 14.7. The van der Waals surface area contributed by atoms with Crippen molar-refractivity contribution in [2.45, 2.75) is 0 Å². The lowest BCUT2D eigenvalue weighted by Crippen LogP contribution is -1.80. The fourth-order valence-electron chi connectivity index (χ4n) is 1.99. The van der Waals surface area contributed by atoms with E-state index in [9.17, 15) is 0 Å². The molecule has 0 unspecified atom stereocenters. The van der Waals surface area contributed by atoms with Crippen LogP contribution < -0.4 is 0 Å². The predicted molar refractivity (Wildman–Crippen MR) is 84.0 cm³/mol. The minimum atomic E-state index is 0.958. The molecule has 0 aliphatic rings. The highest BCUT2D eigenvalue weighted by molar-refractivity contribution is 5.83. The van der Waals surface area contributed by atoms with Gasteiger partial charge in [-0.15, -0.1) is 0 Å². The van der Waals surface area contributed by atoms with Crippen molar-refractivity contribution in [2.24, 2.45) is 0 Å². The molecule has 0 saturated heterocycles. The van der Waals surface area contributed by atoms with Crippen molar-refractivity contribution in [3.63, 3.8) is 0 Å². The van der Waals surface area contributed by atoms with Gasteiger partial charge in [-0.1, -0.05) is 48.6 Å². The number of benzene rings is 1.